The highest BCUT2D eigenvalue weighted by Gasteiger charge is 2.38. The van der Waals surface area contributed by atoms with Crippen molar-refractivity contribution in [3.8, 4) is 0 Å². The number of carboxylic acids is 1. The van der Waals surface area contributed by atoms with Gasteiger partial charge in [-0.05, 0) is 31.2 Å². The number of fused-ring (bicyclic) bond motifs is 1. The van der Waals surface area contributed by atoms with Crippen LogP contribution in [0, 0.1) is 18.2 Å². The summed E-state index contributed by atoms with van der Waals surface area (Å²) >= 11 is 0. The first-order valence-electron chi connectivity index (χ1n) is 9.23. The van der Waals surface area contributed by atoms with Crippen LogP contribution in [-0.2, 0) is 0 Å². The molecule has 144 valence electrons. The molecule has 3 N–H and O–H groups in total. The topological polar surface area (TPSA) is 88.6 Å². The number of benzene rings is 1. The molecule has 1 aliphatic heterocycles. The minimum Gasteiger partial charge on any atom is -0.477 e. The largest absolute Gasteiger partial charge is 0.477 e. The highest BCUT2D eigenvalue weighted by Crippen LogP contribution is 2.40. The molecule has 0 spiro atoms. The maximum Gasteiger partial charge on any atom is 0.341 e. The zero-order valence-electron chi connectivity index (χ0n) is 15.8. The van der Waals surface area contributed by atoms with Crippen LogP contribution >= 0.6 is 0 Å². The van der Waals surface area contributed by atoms with E-state index >= 15 is 4.39 Å². The van der Waals surface area contributed by atoms with Crippen LogP contribution < -0.4 is 16.1 Å². The molecule has 27 heavy (non-hydrogen) atoms. The molecule has 1 aliphatic carbocycles. The molecule has 0 radical (unpaired) electrons. The van der Waals surface area contributed by atoms with Crippen molar-refractivity contribution >= 4 is 22.6 Å². The van der Waals surface area contributed by atoms with E-state index in [1.54, 1.807) is 13.0 Å². The van der Waals surface area contributed by atoms with Gasteiger partial charge < -0.3 is 20.3 Å². The lowest BCUT2D eigenvalue weighted by molar-refractivity contribution is 0.0695. The minimum atomic E-state index is -1.28. The predicted molar refractivity (Wildman–Crippen MR) is 102 cm³/mol. The number of aromatic nitrogens is 1. The molecule has 2 aromatic rings. The Hall–Kier alpha value is -2.41. The number of pyridine rings is 1. The van der Waals surface area contributed by atoms with Gasteiger partial charge in [0.05, 0.1) is 16.6 Å². The van der Waals surface area contributed by atoms with Crippen molar-refractivity contribution in [2.75, 3.05) is 18.0 Å². The third kappa shape index (κ3) is 2.72. The molecule has 2 heterocycles. The lowest BCUT2D eigenvalue weighted by Gasteiger charge is -2.24. The molecular weight excluding hydrogens is 349 g/mol. The Morgan fingerprint density at radius 1 is 1.37 bits per heavy atom. The number of rotatable bonds is 3. The standard InChI is InChI=1S/C20H24FN3O3/c1-10-16-13(24(11-4-5-11)7-12(18(16)25)19(26)27)6-14(17(10)21)23-8-15(22)20(2,3)9-23/h6-7,11,15H,4-5,8-9,22H2,1-3H3,(H,26,27)/t15-/m0/s1. The van der Waals surface area contributed by atoms with Gasteiger partial charge in [-0.25, -0.2) is 9.18 Å². The summed E-state index contributed by atoms with van der Waals surface area (Å²) in [4.78, 5) is 26.2. The van der Waals surface area contributed by atoms with Gasteiger partial charge in [-0.2, -0.15) is 0 Å². The Bertz CT molecular complexity index is 1020. The Morgan fingerprint density at radius 3 is 2.56 bits per heavy atom. The summed E-state index contributed by atoms with van der Waals surface area (Å²) in [5.74, 6) is -1.76. The number of carboxylic acid groups (broad SMARTS) is 1. The summed E-state index contributed by atoms with van der Waals surface area (Å²) in [5, 5.41) is 9.55. The van der Waals surface area contributed by atoms with E-state index in [1.165, 1.54) is 6.20 Å². The molecule has 2 aliphatic rings. The molecule has 1 saturated carbocycles. The van der Waals surface area contributed by atoms with Gasteiger partial charge in [-0.1, -0.05) is 13.8 Å². The highest BCUT2D eigenvalue weighted by atomic mass is 19.1. The van der Waals surface area contributed by atoms with Gasteiger partial charge in [0.25, 0.3) is 0 Å². The van der Waals surface area contributed by atoms with E-state index in [9.17, 15) is 14.7 Å². The SMILES string of the molecule is Cc1c(F)c(N2C[C@H](N)C(C)(C)C2)cc2c1c(=O)c(C(=O)O)cn2C1CC1. The molecule has 0 amide bonds. The fraction of sp³-hybridized carbons (Fsp3) is 0.500. The molecule has 2 fully saturated rings. The van der Waals surface area contributed by atoms with Gasteiger partial charge in [-0.15, -0.1) is 0 Å². The second kappa shape index (κ2) is 5.79. The summed E-state index contributed by atoms with van der Waals surface area (Å²) in [6, 6.07) is 1.77. The summed E-state index contributed by atoms with van der Waals surface area (Å²) < 4.78 is 17.1. The maximum atomic E-state index is 15.2. The Morgan fingerprint density at radius 2 is 2.04 bits per heavy atom. The van der Waals surface area contributed by atoms with Crippen molar-refractivity contribution in [3.05, 3.63) is 39.4 Å². The van der Waals surface area contributed by atoms with Gasteiger partial charge in [0, 0.05) is 36.9 Å². The predicted octanol–water partition coefficient (Wildman–Crippen LogP) is 2.66. The van der Waals surface area contributed by atoms with Crippen LogP contribution in [0.5, 0.6) is 0 Å². The lowest BCUT2D eigenvalue weighted by atomic mass is 9.89. The van der Waals surface area contributed by atoms with Gasteiger partial charge in [0.15, 0.2) is 0 Å². The number of halogens is 1. The third-order valence-corrected chi connectivity index (χ3v) is 6.01. The number of aromatic carboxylic acids is 1. The average molecular weight is 373 g/mol. The number of aryl methyl sites for hydroxylation is 1. The number of carbonyl (C=O) groups is 1. The van der Waals surface area contributed by atoms with Crippen molar-refractivity contribution < 1.29 is 14.3 Å². The molecule has 0 bridgehead atoms. The first-order chi connectivity index (χ1) is 12.6. The normalized spacial score (nSPS) is 21.8. The fourth-order valence-electron chi connectivity index (χ4n) is 4.03. The van der Waals surface area contributed by atoms with Crippen LogP contribution in [-0.4, -0.2) is 34.8 Å². The number of anilines is 1. The van der Waals surface area contributed by atoms with E-state index in [0.29, 0.717) is 24.3 Å². The van der Waals surface area contributed by atoms with Crippen molar-refractivity contribution in [1.82, 2.24) is 4.57 Å². The van der Waals surface area contributed by atoms with E-state index in [4.69, 9.17) is 5.73 Å². The number of hydrogen-bond acceptors (Lipinski definition) is 4. The van der Waals surface area contributed by atoms with Crippen LogP contribution in [0.1, 0.15) is 48.7 Å². The Labute approximate surface area is 156 Å². The number of nitrogens with two attached hydrogens (primary N) is 1. The second-order valence-corrected chi connectivity index (χ2v) is 8.52. The van der Waals surface area contributed by atoms with Crippen LogP contribution in [0.15, 0.2) is 17.1 Å². The molecule has 6 nitrogen and oxygen atoms in total. The van der Waals surface area contributed by atoms with Crippen molar-refractivity contribution in [2.45, 2.75) is 45.7 Å². The smallest absolute Gasteiger partial charge is 0.341 e. The van der Waals surface area contributed by atoms with Gasteiger partial charge in [0.2, 0.25) is 5.43 Å². The first-order valence-corrected chi connectivity index (χ1v) is 9.23. The summed E-state index contributed by atoms with van der Waals surface area (Å²) in [7, 11) is 0. The van der Waals surface area contributed by atoms with Crippen LogP contribution in [0.2, 0.25) is 0 Å². The molecule has 0 unspecified atom stereocenters. The van der Waals surface area contributed by atoms with E-state index in [-0.39, 0.29) is 34.0 Å². The Kier molecular flexibility index (Phi) is 3.86. The second-order valence-electron chi connectivity index (χ2n) is 8.52. The minimum absolute atomic E-state index is 0.0760. The fourth-order valence-corrected chi connectivity index (χ4v) is 4.03. The summed E-state index contributed by atoms with van der Waals surface area (Å²) in [5.41, 5.74) is 6.36. The summed E-state index contributed by atoms with van der Waals surface area (Å²) in [6.07, 6.45) is 3.25. The quantitative estimate of drug-likeness (QED) is 0.863. The average Bonchev–Trinajstić information content (AvgIpc) is 3.37. The van der Waals surface area contributed by atoms with E-state index < -0.39 is 17.2 Å². The van der Waals surface area contributed by atoms with E-state index in [0.717, 1.165) is 12.8 Å². The Balaban J connectivity index is 1.98. The van der Waals surface area contributed by atoms with Gasteiger partial charge in [-0.3, -0.25) is 4.79 Å². The zero-order valence-corrected chi connectivity index (χ0v) is 15.8. The van der Waals surface area contributed by atoms with Gasteiger partial charge >= 0.3 is 5.97 Å². The maximum absolute atomic E-state index is 15.2. The van der Waals surface area contributed by atoms with Gasteiger partial charge in [0.1, 0.15) is 11.4 Å². The van der Waals surface area contributed by atoms with E-state index in [1.807, 2.05) is 9.47 Å². The highest BCUT2D eigenvalue weighted by molar-refractivity contribution is 5.95. The zero-order chi connectivity index (χ0) is 19.7. The number of hydrogen-bond donors (Lipinski definition) is 2. The molecular formula is C20H24FN3O3. The van der Waals surface area contributed by atoms with E-state index in [2.05, 4.69) is 13.8 Å². The molecule has 4 rings (SSSR count). The molecule has 1 saturated heterocycles. The van der Waals surface area contributed by atoms with Crippen molar-refractivity contribution in [2.24, 2.45) is 11.1 Å². The van der Waals surface area contributed by atoms with Crippen LogP contribution in [0.4, 0.5) is 10.1 Å². The monoisotopic (exact) mass is 373 g/mol. The first kappa shape index (κ1) is 18.0. The van der Waals surface area contributed by atoms with Crippen molar-refractivity contribution in [3.63, 3.8) is 0 Å². The summed E-state index contributed by atoms with van der Waals surface area (Å²) in [6.45, 7) is 6.82. The molecule has 1 atom stereocenters. The molecule has 1 aromatic carbocycles. The third-order valence-electron chi connectivity index (χ3n) is 6.01. The van der Waals surface area contributed by atoms with Crippen LogP contribution in [0.3, 0.4) is 0 Å². The van der Waals surface area contributed by atoms with Crippen molar-refractivity contribution in [1.29, 1.82) is 0 Å². The number of nitrogens with zero attached hydrogens (tertiary/aromatic N) is 2. The molecule has 7 heteroatoms. The molecule has 1 aromatic heterocycles. The van der Waals surface area contributed by atoms with Crippen LogP contribution in [0.25, 0.3) is 10.9 Å². The lowest BCUT2D eigenvalue weighted by Crippen LogP contribution is -2.35.